The number of hydrogen-bond donors (Lipinski definition) is 1. The highest BCUT2D eigenvalue weighted by molar-refractivity contribution is 6.06. The van der Waals surface area contributed by atoms with Crippen molar-refractivity contribution in [1.82, 2.24) is 4.98 Å². The van der Waals surface area contributed by atoms with E-state index in [1.807, 2.05) is 0 Å². The van der Waals surface area contributed by atoms with E-state index in [4.69, 9.17) is 0 Å². The number of nitrogens with zero attached hydrogens (tertiary/aromatic N) is 1. The first-order valence-corrected chi connectivity index (χ1v) is 7.56. The van der Waals surface area contributed by atoms with Gasteiger partial charge in [0.1, 0.15) is 16.8 Å². The van der Waals surface area contributed by atoms with Crippen molar-refractivity contribution in [2.45, 2.75) is 38.4 Å². The number of aromatic nitrogens is 1. The highest BCUT2D eigenvalue weighted by Crippen LogP contribution is 2.41. The monoisotopic (exact) mass is 382 g/mol. The number of pyridine rings is 1. The van der Waals surface area contributed by atoms with Crippen molar-refractivity contribution in [2.24, 2.45) is 0 Å². The molecule has 1 heterocycles. The van der Waals surface area contributed by atoms with Crippen LogP contribution in [-0.4, -0.2) is 36.7 Å². The van der Waals surface area contributed by atoms with Gasteiger partial charge in [0.2, 0.25) is 0 Å². The zero-order chi connectivity index (χ0) is 19.6. The first kappa shape index (κ1) is 19.9. The molecule has 0 atom stereocenters. The van der Waals surface area contributed by atoms with Gasteiger partial charge in [-0.3, -0.25) is 0 Å². The van der Waals surface area contributed by atoms with Crippen molar-refractivity contribution >= 4 is 17.6 Å². The molecule has 0 amide bonds. The normalized spacial score (nSPS) is 14.3. The zero-order valence-corrected chi connectivity index (χ0v) is 13.7. The lowest BCUT2D eigenvalue weighted by Gasteiger charge is -2.21. The van der Waals surface area contributed by atoms with Gasteiger partial charge in [-0.2, -0.15) is 13.2 Å². The third kappa shape index (κ3) is 4.02. The molecule has 26 heavy (non-hydrogen) atoms. The van der Waals surface area contributed by atoms with Crippen LogP contribution < -0.4 is 5.32 Å². The van der Waals surface area contributed by atoms with E-state index >= 15 is 0 Å². The van der Waals surface area contributed by atoms with E-state index in [9.17, 15) is 31.5 Å². The third-order valence-electron chi connectivity index (χ3n) is 3.50. The van der Waals surface area contributed by atoms with Crippen LogP contribution in [0.2, 0.25) is 0 Å². The van der Waals surface area contributed by atoms with Gasteiger partial charge in [0.05, 0.1) is 19.4 Å². The number of hydrogen-bond acceptors (Lipinski definition) is 6. The number of nitrogens with one attached hydrogen (secondary N) is 1. The zero-order valence-electron chi connectivity index (χ0n) is 13.7. The summed E-state index contributed by atoms with van der Waals surface area (Å²) in [6.07, 6.45) is -7.64. The maximum atomic E-state index is 13.4. The van der Waals surface area contributed by atoms with Crippen molar-refractivity contribution in [1.29, 1.82) is 0 Å². The Balaban J connectivity index is 2.86. The number of carbonyl (C=O) groups excluding carboxylic acids is 2. The minimum atomic E-state index is -5.22. The Morgan fingerprint density at radius 1 is 1.23 bits per heavy atom. The Morgan fingerprint density at radius 2 is 1.85 bits per heavy atom. The van der Waals surface area contributed by atoms with Crippen LogP contribution in [0.5, 0.6) is 0 Å². The molecular weight excluding hydrogens is 367 g/mol. The van der Waals surface area contributed by atoms with Crippen LogP contribution in [0.15, 0.2) is 0 Å². The lowest BCUT2D eigenvalue weighted by Crippen LogP contribution is -2.25. The van der Waals surface area contributed by atoms with E-state index in [2.05, 4.69) is 19.8 Å². The van der Waals surface area contributed by atoms with Gasteiger partial charge in [0.25, 0.3) is 6.43 Å². The van der Waals surface area contributed by atoms with Crippen LogP contribution in [0.3, 0.4) is 0 Å². The molecule has 1 aromatic heterocycles. The molecule has 2 rings (SSSR count). The highest BCUT2D eigenvalue weighted by atomic mass is 19.4. The van der Waals surface area contributed by atoms with Gasteiger partial charge >= 0.3 is 18.1 Å². The summed E-state index contributed by atoms with van der Waals surface area (Å²) in [5, 5.41) is 2.54. The summed E-state index contributed by atoms with van der Waals surface area (Å²) >= 11 is 0. The van der Waals surface area contributed by atoms with E-state index in [1.165, 1.54) is 6.92 Å². The number of halogens is 5. The Hall–Kier alpha value is -2.46. The molecule has 0 aliphatic heterocycles. The van der Waals surface area contributed by atoms with Gasteiger partial charge in [0.15, 0.2) is 5.69 Å². The first-order chi connectivity index (χ1) is 12.1. The number of ether oxygens (including phenoxy) is 2. The number of esters is 2. The summed E-state index contributed by atoms with van der Waals surface area (Å²) in [5.74, 6) is -2.77. The molecule has 1 aromatic rings. The Kier molecular flexibility index (Phi) is 5.67. The number of alkyl halides is 5. The van der Waals surface area contributed by atoms with Crippen LogP contribution in [0.25, 0.3) is 0 Å². The Labute approximate surface area is 144 Å². The number of carbonyl (C=O) groups is 2. The van der Waals surface area contributed by atoms with Crippen LogP contribution in [0.1, 0.15) is 58.3 Å². The average Bonchev–Trinajstić information content (AvgIpc) is 3.36. The second-order valence-corrected chi connectivity index (χ2v) is 5.40. The fourth-order valence-electron chi connectivity index (χ4n) is 2.25. The molecule has 0 bridgehead atoms. The maximum absolute atomic E-state index is 13.4. The molecule has 1 N–H and O–H groups in total. The van der Waals surface area contributed by atoms with Crippen molar-refractivity contribution < 1.29 is 41.0 Å². The quantitative estimate of drug-likeness (QED) is 0.599. The topological polar surface area (TPSA) is 77.5 Å². The summed E-state index contributed by atoms with van der Waals surface area (Å²) in [4.78, 5) is 27.0. The SMILES string of the molecule is CCOC(=O)c1c(C(F)F)nc(C(F)(F)F)c(C(=O)OC)c1NC1CC1. The lowest BCUT2D eigenvalue weighted by molar-refractivity contribution is -0.142. The van der Waals surface area contributed by atoms with Crippen LogP contribution >= 0.6 is 0 Å². The van der Waals surface area contributed by atoms with Gasteiger partial charge < -0.3 is 14.8 Å². The summed E-state index contributed by atoms with van der Waals surface area (Å²) in [7, 11) is 0.828. The molecule has 1 fully saturated rings. The van der Waals surface area contributed by atoms with Gasteiger partial charge in [-0.25, -0.2) is 23.4 Å². The second-order valence-electron chi connectivity index (χ2n) is 5.40. The second kappa shape index (κ2) is 7.42. The highest BCUT2D eigenvalue weighted by Gasteiger charge is 2.44. The molecular formula is C15H15F5N2O4. The van der Waals surface area contributed by atoms with Crippen molar-refractivity contribution in [2.75, 3.05) is 19.0 Å². The fourth-order valence-corrected chi connectivity index (χ4v) is 2.25. The Bertz CT molecular complexity index is 717. The van der Waals surface area contributed by atoms with E-state index < -0.39 is 52.7 Å². The predicted molar refractivity (Wildman–Crippen MR) is 78.1 cm³/mol. The van der Waals surface area contributed by atoms with Crippen LogP contribution in [-0.2, 0) is 15.7 Å². The number of methoxy groups -OCH3 is 1. The molecule has 1 aliphatic carbocycles. The van der Waals surface area contributed by atoms with E-state index in [0.29, 0.717) is 12.8 Å². The molecule has 11 heteroatoms. The molecule has 144 valence electrons. The minimum Gasteiger partial charge on any atom is -0.465 e. The largest absolute Gasteiger partial charge is 0.465 e. The van der Waals surface area contributed by atoms with E-state index in [0.717, 1.165) is 7.11 Å². The molecule has 1 aliphatic rings. The fraction of sp³-hybridized carbons (Fsp3) is 0.533. The van der Waals surface area contributed by atoms with Gasteiger partial charge in [-0.1, -0.05) is 0 Å². The summed E-state index contributed by atoms with van der Waals surface area (Å²) in [6.45, 7) is 1.19. The number of anilines is 1. The maximum Gasteiger partial charge on any atom is 0.434 e. The van der Waals surface area contributed by atoms with Gasteiger partial charge in [0, 0.05) is 6.04 Å². The molecule has 1 saturated carbocycles. The Morgan fingerprint density at radius 3 is 2.27 bits per heavy atom. The van der Waals surface area contributed by atoms with Gasteiger partial charge in [-0.15, -0.1) is 0 Å². The van der Waals surface area contributed by atoms with Crippen molar-refractivity contribution in [3.8, 4) is 0 Å². The number of rotatable bonds is 6. The summed E-state index contributed by atoms with van der Waals surface area (Å²) in [6, 6.07) is -0.361. The van der Waals surface area contributed by atoms with Crippen molar-refractivity contribution in [3.05, 3.63) is 22.5 Å². The lowest BCUT2D eigenvalue weighted by atomic mass is 10.0. The van der Waals surface area contributed by atoms with E-state index in [-0.39, 0.29) is 12.6 Å². The summed E-state index contributed by atoms with van der Waals surface area (Å²) < 4.78 is 75.8. The molecule has 6 nitrogen and oxygen atoms in total. The van der Waals surface area contributed by atoms with Gasteiger partial charge in [-0.05, 0) is 19.8 Å². The predicted octanol–water partition coefficient (Wildman–Crippen LogP) is 3.58. The van der Waals surface area contributed by atoms with Crippen LogP contribution in [0.4, 0.5) is 27.6 Å². The van der Waals surface area contributed by atoms with E-state index in [1.54, 1.807) is 0 Å². The standard InChI is InChI=1S/C15H15F5N2O4/c1-3-26-14(24)7-9(21-6-4-5-6)8(13(23)25-2)11(15(18,19)20)22-10(7)12(16)17/h6,12H,3-5H2,1-2H3,(H,21,22). The minimum absolute atomic E-state index is 0.209. The molecule has 0 unspecified atom stereocenters. The average molecular weight is 382 g/mol. The molecule has 0 aromatic carbocycles. The molecule has 0 spiro atoms. The van der Waals surface area contributed by atoms with Crippen LogP contribution in [0, 0.1) is 0 Å². The first-order valence-electron chi connectivity index (χ1n) is 7.56. The third-order valence-corrected chi connectivity index (χ3v) is 3.50. The smallest absolute Gasteiger partial charge is 0.434 e. The molecule has 0 saturated heterocycles. The van der Waals surface area contributed by atoms with Crippen molar-refractivity contribution in [3.63, 3.8) is 0 Å². The summed E-state index contributed by atoms with van der Waals surface area (Å²) in [5.41, 5.74) is -5.99. The molecule has 0 radical (unpaired) electrons.